The van der Waals surface area contributed by atoms with E-state index < -0.39 is 0 Å². The molecule has 0 heterocycles. The summed E-state index contributed by atoms with van der Waals surface area (Å²) in [5.74, 6) is 0.257. The molecule has 0 spiro atoms. The average Bonchev–Trinajstić information content (AvgIpc) is 1.98. The highest BCUT2D eigenvalue weighted by Crippen LogP contribution is 1.91. The maximum Gasteiger partial charge on any atom is 0.207 e. The molecular formula is C7H13NO2. The molecule has 1 N–H and O–H groups in total. The van der Waals surface area contributed by atoms with Crippen molar-refractivity contribution in [1.82, 2.24) is 5.32 Å². The predicted octanol–water partition coefficient (Wildman–Crippen LogP) is 0.492. The summed E-state index contributed by atoms with van der Waals surface area (Å²) in [6, 6.07) is 0. The second kappa shape index (κ2) is 6.26. The molecule has 10 heavy (non-hydrogen) atoms. The van der Waals surface area contributed by atoms with Gasteiger partial charge in [-0.25, -0.2) is 0 Å². The van der Waals surface area contributed by atoms with Gasteiger partial charge in [-0.1, -0.05) is 6.92 Å². The number of carbonyl (C=O) groups is 2. The molecule has 0 rings (SSSR count). The standard InChI is InChI=1S/C7H13NO2/c1-2-7(10)4-3-5-8-6-9/h6H,2-5H2,1H3,(H,8,9). The lowest BCUT2D eigenvalue weighted by Crippen LogP contribution is -2.13. The molecule has 0 aliphatic heterocycles. The summed E-state index contributed by atoms with van der Waals surface area (Å²) >= 11 is 0. The van der Waals surface area contributed by atoms with Crippen LogP contribution in [0.15, 0.2) is 0 Å². The van der Waals surface area contributed by atoms with Crippen LogP contribution in [0.2, 0.25) is 0 Å². The Kier molecular flexibility index (Phi) is 5.72. The number of Topliss-reactive ketones (excluding diaryl/α,β-unsaturated/α-hetero) is 1. The van der Waals surface area contributed by atoms with Crippen molar-refractivity contribution in [3.05, 3.63) is 0 Å². The van der Waals surface area contributed by atoms with Crippen LogP contribution in [0.4, 0.5) is 0 Å². The van der Waals surface area contributed by atoms with E-state index in [4.69, 9.17) is 0 Å². The molecule has 1 amide bonds. The molecule has 0 aromatic rings. The van der Waals surface area contributed by atoms with Gasteiger partial charge in [0.05, 0.1) is 0 Å². The second-order valence-electron chi connectivity index (χ2n) is 2.07. The van der Waals surface area contributed by atoms with Gasteiger partial charge < -0.3 is 5.32 Å². The summed E-state index contributed by atoms with van der Waals surface area (Å²) in [5.41, 5.74) is 0. The number of ketones is 1. The van der Waals surface area contributed by atoms with Gasteiger partial charge in [0.2, 0.25) is 6.41 Å². The smallest absolute Gasteiger partial charge is 0.207 e. The zero-order valence-electron chi connectivity index (χ0n) is 6.22. The number of hydrogen-bond acceptors (Lipinski definition) is 2. The summed E-state index contributed by atoms with van der Waals surface area (Å²) in [5, 5.41) is 2.49. The maximum absolute atomic E-state index is 10.7. The van der Waals surface area contributed by atoms with Crippen LogP contribution in [0.25, 0.3) is 0 Å². The number of amides is 1. The molecule has 0 atom stereocenters. The number of carbonyl (C=O) groups excluding carboxylic acids is 2. The number of hydrogen-bond donors (Lipinski definition) is 1. The molecule has 0 aromatic carbocycles. The molecular weight excluding hydrogens is 130 g/mol. The largest absolute Gasteiger partial charge is 0.359 e. The molecule has 0 saturated carbocycles. The quantitative estimate of drug-likeness (QED) is 0.434. The fourth-order valence-corrected chi connectivity index (χ4v) is 0.623. The van der Waals surface area contributed by atoms with E-state index in [1.54, 1.807) is 0 Å². The van der Waals surface area contributed by atoms with E-state index >= 15 is 0 Å². The zero-order valence-corrected chi connectivity index (χ0v) is 6.22. The van der Waals surface area contributed by atoms with E-state index in [0.29, 0.717) is 25.8 Å². The molecule has 0 unspecified atom stereocenters. The Hall–Kier alpha value is -0.860. The van der Waals surface area contributed by atoms with Crippen LogP contribution in [0.5, 0.6) is 0 Å². The molecule has 3 nitrogen and oxygen atoms in total. The Morgan fingerprint density at radius 3 is 2.80 bits per heavy atom. The van der Waals surface area contributed by atoms with Crippen LogP contribution in [0.1, 0.15) is 26.2 Å². The molecule has 0 aromatic heterocycles. The van der Waals surface area contributed by atoms with Crippen LogP contribution >= 0.6 is 0 Å². The van der Waals surface area contributed by atoms with E-state index in [0.717, 1.165) is 6.42 Å². The lowest BCUT2D eigenvalue weighted by Gasteiger charge is -1.96. The SMILES string of the molecule is CCC(=O)CCCNC=O. The fraction of sp³-hybridized carbons (Fsp3) is 0.714. The molecule has 3 heteroatoms. The van der Waals surface area contributed by atoms with Crippen LogP contribution < -0.4 is 5.32 Å². The highest BCUT2D eigenvalue weighted by molar-refractivity contribution is 5.77. The maximum atomic E-state index is 10.7. The van der Waals surface area contributed by atoms with Gasteiger partial charge in [-0.05, 0) is 6.42 Å². The average molecular weight is 143 g/mol. The molecule has 0 aliphatic rings. The van der Waals surface area contributed by atoms with Gasteiger partial charge in [0.15, 0.2) is 0 Å². The third-order valence-corrected chi connectivity index (χ3v) is 1.25. The molecule has 0 saturated heterocycles. The van der Waals surface area contributed by atoms with E-state index in [1.807, 2.05) is 6.92 Å². The highest BCUT2D eigenvalue weighted by Gasteiger charge is 1.95. The first-order valence-corrected chi connectivity index (χ1v) is 3.50. The third-order valence-electron chi connectivity index (χ3n) is 1.25. The van der Waals surface area contributed by atoms with E-state index in [2.05, 4.69) is 5.32 Å². The van der Waals surface area contributed by atoms with E-state index in [9.17, 15) is 9.59 Å². The van der Waals surface area contributed by atoms with Crippen LogP contribution in [0.3, 0.4) is 0 Å². The van der Waals surface area contributed by atoms with E-state index in [1.165, 1.54) is 0 Å². The van der Waals surface area contributed by atoms with Crippen molar-refractivity contribution in [1.29, 1.82) is 0 Å². The van der Waals surface area contributed by atoms with Gasteiger partial charge in [0.25, 0.3) is 0 Å². The summed E-state index contributed by atoms with van der Waals surface area (Å²) in [6.07, 6.45) is 2.58. The van der Waals surface area contributed by atoms with Crippen molar-refractivity contribution in [2.24, 2.45) is 0 Å². The van der Waals surface area contributed by atoms with Crippen molar-refractivity contribution in [2.45, 2.75) is 26.2 Å². The van der Waals surface area contributed by atoms with E-state index in [-0.39, 0.29) is 5.78 Å². The van der Waals surface area contributed by atoms with Crippen molar-refractivity contribution < 1.29 is 9.59 Å². The summed E-state index contributed by atoms with van der Waals surface area (Å²) in [4.78, 5) is 20.4. The fourth-order valence-electron chi connectivity index (χ4n) is 0.623. The lowest BCUT2D eigenvalue weighted by atomic mass is 10.2. The van der Waals surface area contributed by atoms with Crippen molar-refractivity contribution in [3.63, 3.8) is 0 Å². The monoisotopic (exact) mass is 143 g/mol. The van der Waals surface area contributed by atoms with Gasteiger partial charge in [-0.2, -0.15) is 0 Å². The van der Waals surface area contributed by atoms with Crippen molar-refractivity contribution in [3.8, 4) is 0 Å². The minimum absolute atomic E-state index is 0.257. The summed E-state index contributed by atoms with van der Waals surface area (Å²) in [7, 11) is 0. The first-order chi connectivity index (χ1) is 4.81. The van der Waals surface area contributed by atoms with Crippen LogP contribution in [-0.2, 0) is 9.59 Å². The molecule has 0 aliphatic carbocycles. The van der Waals surface area contributed by atoms with Crippen molar-refractivity contribution in [2.75, 3.05) is 6.54 Å². The van der Waals surface area contributed by atoms with Gasteiger partial charge in [-0.15, -0.1) is 0 Å². The third kappa shape index (κ3) is 5.28. The Labute approximate surface area is 60.8 Å². The van der Waals surface area contributed by atoms with Crippen molar-refractivity contribution >= 4 is 12.2 Å². The zero-order chi connectivity index (χ0) is 7.82. The summed E-state index contributed by atoms with van der Waals surface area (Å²) in [6.45, 7) is 2.45. The molecule has 0 bridgehead atoms. The highest BCUT2D eigenvalue weighted by atomic mass is 16.1. The molecule has 0 radical (unpaired) electrons. The minimum atomic E-state index is 0.257. The van der Waals surface area contributed by atoms with Crippen LogP contribution in [-0.4, -0.2) is 18.7 Å². The van der Waals surface area contributed by atoms with Gasteiger partial charge in [-0.3, -0.25) is 9.59 Å². The minimum Gasteiger partial charge on any atom is -0.359 e. The molecule has 0 fully saturated rings. The number of nitrogens with one attached hydrogen (secondary N) is 1. The van der Waals surface area contributed by atoms with Gasteiger partial charge in [0.1, 0.15) is 5.78 Å². The predicted molar refractivity (Wildman–Crippen MR) is 38.6 cm³/mol. The Balaban J connectivity index is 3.03. The summed E-state index contributed by atoms with van der Waals surface area (Å²) < 4.78 is 0. The first-order valence-electron chi connectivity index (χ1n) is 3.50. The Morgan fingerprint density at radius 2 is 2.30 bits per heavy atom. The molecule has 58 valence electrons. The Morgan fingerprint density at radius 1 is 1.60 bits per heavy atom. The van der Waals surface area contributed by atoms with Gasteiger partial charge in [0, 0.05) is 19.4 Å². The second-order valence-corrected chi connectivity index (χ2v) is 2.07. The topological polar surface area (TPSA) is 46.2 Å². The lowest BCUT2D eigenvalue weighted by molar-refractivity contribution is -0.119. The van der Waals surface area contributed by atoms with Crippen LogP contribution in [0, 0.1) is 0 Å². The normalized spacial score (nSPS) is 8.90. The Bertz CT molecular complexity index is 112. The first kappa shape index (κ1) is 9.14. The number of rotatable bonds is 6. The van der Waals surface area contributed by atoms with Gasteiger partial charge >= 0.3 is 0 Å².